The molecule has 0 saturated carbocycles. The van der Waals surface area contributed by atoms with Crippen LogP contribution in [0.4, 0.5) is 4.39 Å². The zero-order valence-corrected chi connectivity index (χ0v) is 19.3. The first-order valence-electron chi connectivity index (χ1n) is 11.2. The van der Waals surface area contributed by atoms with E-state index in [0.29, 0.717) is 19.1 Å². The van der Waals surface area contributed by atoms with Gasteiger partial charge in [0, 0.05) is 24.0 Å². The SMILES string of the molecule is COc1cccc(CCn2cnc3sc4c(c3c2=O)CCC(NCc2cccc(F)c2)C4)c1. The highest BCUT2D eigenvalue weighted by Gasteiger charge is 2.25. The van der Waals surface area contributed by atoms with Crippen LogP contribution in [-0.4, -0.2) is 22.7 Å². The largest absolute Gasteiger partial charge is 0.497 e. The zero-order chi connectivity index (χ0) is 22.8. The van der Waals surface area contributed by atoms with Gasteiger partial charge in [-0.1, -0.05) is 24.3 Å². The van der Waals surface area contributed by atoms with Gasteiger partial charge in [-0.3, -0.25) is 9.36 Å². The molecule has 33 heavy (non-hydrogen) atoms. The summed E-state index contributed by atoms with van der Waals surface area (Å²) in [5, 5.41) is 4.33. The third-order valence-electron chi connectivity index (χ3n) is 6.30. The van der Waals surface area contributed by atoms with Crippen LogP contribution in [0.2, 0.25) is 0 Å². The normalized spacial score (nSPS) is 15.5. The Morgan fingerprint density at radius 3 is 2.91 bits per heavy atom. The molecule has 0 spiro atoms. The highest BCUT2D eigenvalue weighted by atomic mass is 32.1. The maximum absolute atomic E-state index is 13.4. The molecule has 1 aliphatic rings. The number of hydrogen-bond donors (Lipinski definition) is 1. The number of fused-ring (bicyclic) bond motifs is 3. The maximum atomic E-state index is 13.4. The van der Waals surface area contributed by atoms with Crippen LogP contribution in [0.1, 0.15) is 28.0 Å². The number of hydrogen-bond acceptors (Lipinski definition) is 5. The summed E-state index contributed by atoms with van der Waals surface area (Å²) in [4.78, 5) is 20.0. The van der Waals surface area contributed by atoms with Crippen LogP contribution >= 0.6 is 11.3 Å². The number of halogens is 1. The minimum Gasteiger partial charge on any atom is -0.497 e. The van der Waals surface area contributed by atoms with E-state index in [4.69, 9.17) is 4.74 Å². The fraction of sp³-hybridized carbons (Fsp3) is 0.308. The van der Waals surface area contributed by atoms with Gasteiger partial charge in [0.25, 0.3) is 5.56 Å². The van der Waals surface area contributed by atoms with E-state index in [0.717, 1.165) is 58.3 Å². The van der Waals surface area contributed by atoms with Gasteiger partial charge in [0.2, 0.25) is 0 Å². The second-order valence-corrected chi connectivity index (χ2v) is 9.56. The molecule has 5 nitrogen and oxygen atoms in total. The van der Waals surface area contributed by atoms with Crippen LogP contribution < -0.4 is 15.6 Å². The summed E-state index contributed by atoms with van der Waals surface area (Å²) >= 11 is 1.63. The minimum atomic E-state index is -0.210. The van der Waals surface area contributed by atoms with E-state index in [1.165, 1.54) is 10.9 Å². The van der Waals surface area contributed by atoms with Crippen LogP contribution in [0.3, 0.4) is 0 Å². The number of methoxy groups -OCH3 is 1. The predicted molar refractivity (Wildman–Crippen MR) is 130 cm³/mol. The summed E-state index contributed by atoms with van der Waals surface area (Å²) in [7, 11) is 1.66. The zero-order valence-electron chi connectivity index (χ0n) is 18.5. The average Bonchev–Trinajstić information content (AvgIpc) is 3.21. The molecule has 0 fully saturated rings. The molecule has 1 aliphatic carbocycles. The van der Waals surface area contributed by atoms with Gasteiger partial charge in [0.15, 0.2) is 0 Å². The molecular weight excluding hydrogens is 437 g/mol. The second kappa shape index (κ2) is 9.45. The summed E-state index contributed by atoms with van der Waals surface area (Å²) in [5.41, 5.74) is 3.28. The first kappa shape index (κ1) is 21.8. The lowest BCUT2D eigenvalue weighted by Crippen LogP contribution is -2.33. The Morgan fingerprint density at radius 2 is 2.06 bits per heavy atom. The molecule has 0 bridgehead atoms. The second-order valence-electron chi connectivity index (χ2n) is 8.48. The van der Waals surface area contributed by atoms with Gasteiger partial charge in [-0.25, -0.2) is 9.37 Å². The number of aryl methyl sites for hydroxylation is 3. The van der Waals surface area contributed by atoms with Crippen molar-refractivity contribution in [2.75, 3.05) is 7.11 Å². The lowest BCUT2D eigenvalue weighted by molar-refractivity contribution is 0.414. The first-order valence-corrected chi connectivity index (χ1v) is 12.0. The number of nitrogens with zero attached hydrogens (tertiary/aromatic N) is 2. The molecule has 0 amide bonds. The molecule has 5 rings (SSSR count). The van der Waals surface area contributed by atoms with Gasteiger partial charge in [0.05, 0.1) is 18.8 Å². The van der Waals surface area contributed by atoms with Gasteiger partial charge in [-0.2, -0.15) is 0 Å². The Labute approximate surface area is 195 Å². The molecule has 1 unspecified atom stereocenters. The number of ether oxygens (including phenoxy) is 1. The fourth-order valence-electron chi connectivity index (χ4n) is 4.52. The smallest absolute Gasteiger partial charge is 0.262 e. The fourth-order valence-corrected chi connectivity index (χ4v) is 5.78. The lowest BCUT2D eigenvalue weighted by Gasteiger charge is -2.23. The maximum Gasteiger partial charge on any atom is 0.262 e. The summed E-state index contributed by atoms with van der Waals surface area (Å²) in [6, 6.07) is 14.9. The lowest BCUT2D eigenvalue weighted by atomic mass is 9.93. The number of thiophene rings is 1. The van der Waals surface area contributed by atoms with Crippen molar-refractivity contribution in [2.24, 2.45) is 0 Å². The van der Waals surface area contributed by atoms with Gasteiger partial charge in [0.1, 0.15) is 16.4 Å². The molecule has 2 aromatic carbocycles. The van der Waals surface area contributed by atoms with E-state index in [2.05, 4.69) is 10.3 Å². The van der Waals surface area contributed by atoms with Crippen molar-refractivity contribution in [3.63, 3.8) is 0 Å². The quantitative estimate of drug-likeness (QED) is 0.439. The van der Waals surface area contributed by atoms with E-state index in [1.807, 2.05) is 30.3 Å². The van der Waals surface area contributed by atoms with Crippen LogP contribution in [0.15, 0.2) is 59.7 Å². The van der Waals surface area contributed by atoms with Gasteiger partial charge in [-0.15, -0.1) is 11.3 Å². The van der Waals surface area contributed by atoms with Crippen molar-refractivity contribution in [1.29, 1.82) is 0 Å². The van der Waals surface area contributed by atoms with Crippen molar-refractivity contribution >= 4 is 21.6 Å². The summed E-state index contributed by atoms with van der Waals surface area (Å²) < 4.78 is 20.5. The number of benzene rings is 2. The van der Waals surface area contributed by atoms with Gasteiger partial charge < -0.3 is 10.1 Å². The van der Waals surface area contributed by atoms with E-state index in [-0.39, 0.29) is 11.4 Å². The Hall–Kier alpha value is -3.03. The van der Waals surface area contributed by atoms with E-state index in [1.54, 1.807) is 41.5 Å². The molecule has 2 heterocycles. The van der Waals surface area contributed by atoms with Crippen molar-refractivity contribution < 1.29 is 9.13 Å². The van der Waals surface area contributed by atoms with Crippen LogP contribution in [0, 0.1) is 5.82 Å². The molecule has 2 aromatic heterocycles. The molecule has 4 aromatic rings. The summed E-state index contributed by atoms with van der Waals surface area (Å²) in [6.07, 6.45) is 5.09. The topological polar surface area (TPSA) is 56.2 Å². The monoisotopic (exact) mass is 463 g/mol. The highest BCUT2D eigenvalue weighted by molar-refractivity contribution is 7.18. The molecule has 7 heteroatoms. The molecule has 170 valence electrons. The van der Waals surface area contributed by atoms with Gasteiger partial charge in [-0.05, 0) is 66.6 Å². The Kier molecular flexibility index (Phi) is 6.24. The number of aromatic nitrogens is 2. The standard InChI is InChI=1S/C26H26FN3O2S/c1-32-21-7-3-4-17(13-21)10-11-30-16-29-25-24(26(30)31)22-9-8-20(14-23(22)33-25)28-15-18-5-2-6-19(27)12-18/h2-7,12-13,16,20,28H,8-11,14-15H2,1H3. The van der Waals surface area contributed by atoms with Crippen molar-refractivity contribution in [1.82, 2.24) is 14.9 Å². The number of nitrogens with one attached hydrogen (secondary N) is 1. The predicted octanol–water partition coefficient (Wildman–Crippen LogP) is 4.50. The Balaban J connectivity index is 1.31. The Morgan fingerprint density at radius 1 is 1.21 bits per heavy atom. The van der Waals surface area contributed by atoms with E-state index >= 15 is 0 Å². The third-order valence-corrected chi connectivity index (χ3v) is 7.46. The molecular formula is C26H26FN3O2S. The minimum absolute atomic E-state index is 0.0477. The highest BCUT2D eigenvalue weighted by Crippen LogP contribution is 2.33. The summed E-state index contributed by atoms with van der Waals surface area (Å²) in [6.45, 7) is 1.22. The molecule has 1 N–H and O–H groups in total. The van der Waals surface area contributed by atoms with Crippen molar-refractivity contribution in [3.05, 3.63) is 92.6 Å². The van der Waals surface area contributed by atoms with E-state index in [9.17, 15) is 9.18 Å². The van der Waals surface area contributed by atoms with Crippen LogP contribution in [0.25, 0.3) is 10.2 Å². The molecule has 0 aliphatic heterocycles. The van der Waals surface area contributed by atoms with Crippen LogP contribution in [0.5, 0.6) is 5.75 Å². The molecule has 0 radical (unpaired) electrons. The van der Waals surface area contributed by atoms with Gasteiger partial charge >= 0.3 is 0 Å². The van der Waals surface area contributed by atoms with E-state index < -0.39 is 0 Å². The molecule has 1 atom stereocenters. The Bertz CT molecular complexity index is 1350. The molecule has 0 saturated heterocycles. The van der Waals surface area contributed by atoms with Crippen molar-refractivity contribution in [2.45, 2.75) is 44.8 Å². The summed E-state index contributed by atoms with van der Waals surface area (Å²) in [5.74, 6) is 0.611. The van der Waals surface area contributed by atoms with Crippen molar-refractivity contribution in [3.8, 4) is 5.75 Å². The third kappa shape index (κ3) is 4.70. The number of rotatable bonds is 7. The average molecular weight is 464 g/mol. The first-order chi connectivity index (χ1) is 16.1. The van der Waals surface area contributed by atoms with Crippen LogP contribution in [-0.2, 0) is 32.4 Å².